The van der Waals surface area contributed by atoms with Gasteiger partial charge in [0.05, 0.1) is 33.8 Å². The topological polar surface area (TPSA) is 111 Å². The van der Waals surface area contributed by atoms with Crippen LogP contribution in [0.5, 0.6) is 0 Å². The molecular weight excluding hydrogens is 916 g/mol. The maximum atomic E-state index is 13.5. The Hall–Kier alpha value is -1.77. The fourth-order valence-electron chi connectivity index (χ4n) is 9.03. The maximum absolute atomic E-state index is 13.5. The molecule has 0 heterocycles. The number of nitrogens with one attached hydrogen (secondary N) is 1. The van der Waals surface area contributed by atoms with Crippen molar-refractivity contribution in [2.45, 2.75) is 309 Å². The molecular formula is C62H120N2O7P+. The Labute approximate surface area is 446 Å². The number of ether oxygens (including phenoxy) is 1. The van der Waals surface area contributed by atoms with Crippen molar-refractivity contribution in [2.24, 2.45) is 0 Å². The molecule has 0 bridgehead atoms. The molecule has 3 unspecified atom stereocenters. The van der Waals surface area contributed by atoms with E-state index in [2.05, 4.69) is 50.4 Å². The molecule has 0 aliphatic rings. The normalized spacial score (nSPS) is 13.9. The number of phosphoric ester groups is 1. The largest absolute Gasteiger partial charge is 0.472 e. The van der Waals surface area contributed by atoms with E-state index in [-0.39, 0.29) is 25.1 Å². The number of allylic oxidation sites excluding steroid dienone is 5. The van der Waals surface area contributed by atoms with E-state index < -0.39 is 20.0 Å². The highest BCUT2D eigenvalue weighted by atomic mass is 31.2. The molecule has 0 saturated heterocycles. The predicted octanol–water partition coefficient (Wildman–Crippen LogP) is 18.7. The van der Waals surface area contributed by atoms with Gasteiger partial charge in [0.25, 0.3) is 0 Å². The van der Waals surface area contributed by atoms with Gasteiger partial charge in [-0.2, -0.15) is 0 Å². The van der Waals surface area contributed by atoms with Gasteiger partial charge in [0.1, 0.15) is 19.3 Å². The molecule has 0 aliphatic heterocycles. The van der Waals surface area contributed by atoms with E-state index in [4.69, 9.17) is 13.8 Å². The second-order valence-corrected chi connectivity index (χ2v) is 23.7. The van der Waals surface area contributed by atoms with E-state index in [0.29, 0.717) is 23.9 Å². The summed E-state index contributed by atoms with van der Waals surface area (Å²) >= 11 is 0. The van der Waals surface area contributed by atoms with Crippen molar-refractivity contribution in [2.75, 3.05) is 40.9 Å². The average molecular weight is 1040 g/mol. The molecule has 0 aromatic carbocycles. The highest BCUT2D eigenvalue weighted by Gasteiger charge is 2.30. The standard InChI is InChI=1S/C62H119N2O7P/c1-7-10-13-16-19-22-25-28-29-30-31-32-33-34-35-37-39-42-45-48-51-54-61(65)63-59(58-70-72(67,68)69-57-56-64(4,5)6)60(53-50-47-44-41-38-27-24-21-18-15-12-9-3)71-62(66)55-52-49-46-43-40-36-26-23-20-17-14-11-8-2/h19,22,28-29,50,53,59-60H,7-18,20-21,23-27,30-49,51-52,54-58H2,1-6H3,(H-,63,65,67,68)/p+1/b22-19-,29-28-,53-50-. The van der Waals surface area contributed by atoms with Gasteiger partial charge in [-0.3, -0.25) is 18.6 Å². The first-order valence-corrected chi connectivity index (χ1v) is 32.3. The van der Waals surface area contributed by atoms with Crippen LogP contribution in [0.2, 0.25) is 0 Å². The molecule has 0 fully saturated rings. The van der Waals surface area contributed by atoms with E-state index in [0.717, 1.165) is 64.2 Å². The smallest absolute Gasteiger partial charge is 0.456 e. The molecule has 424 valence electrons. The Balaban J connectivity index is 5.19. The Kier molecular flexibility index (Phi) is 51.4. The zero-order valence-corrected chi connectivity index (χ0v) is 49.3. The van der Waals surface area contributed by atoms with Crippen LogP contribution >= 0.6 is 7.82 Å². The lowest BCUT2D eigenvalue weighted by Crippen LogP contribution is -2.47. The average Bonchev–Trinajstić information content (AvgIpc) is 3.34. The Morgan fingerprint density at radius 2 is 0.847 bits per heavy atom. The van der Waals surface area contributed by atoms with Gasteiger partial charge < -0.3 is 19.4 Å². The van der Waals surface area contributed by atoms with Crippen LogP contribution in [0.15, 0.2) is 36.5 Å². The second kappa shape index (κ2) is 52.7. The number of unbranched alkanes of at least 4 members (excludes halogenated alkanes) is 36. The van der Waals surface area contributed by atoms with E-state index >= 15 is 0 Å². The lowest BCUT2D eigenvalue weighted by Gasteiger charge is -2.27. The highest BCUT2D eigenvalue weighted by Crippen LogP contribution is 2.43. The number of hydrogen-bond donors (Lipinski definition) is 2. The minimum absolute atomic E-state index is 0.0422. The molecule has 0 aliphatic carbocycles. The Morgan fingerprint density at radius 1 is 0.486 bits per heavy atom. The van der Waals surface area contributed by atoms with Gasteiger partial charge in [0.15, 0.2) is 0 Å². The monoisotopic (exact) mass is 1040 g/mol. The zero-order chi connectivity index (χ0) is 52.9. The number of phosphoric acid groups is 1. The summed E-state index contributed by atoms with van der Waals surface area (Å²) < 4.78 is 30.7. The molecule has 2 N–H and O–H groups in total. The number of amides is 1. The minimum atomic E-state index is -4.44. The van der Waals surface area contributed by atoms with Gasteiger partial charge in [-0.05, 0) is 63.9 Å². The summed E-state index contributed by atoms with van der Waals surface area (Å²) in [6, 6.07) is -0.844. The number of carbonyl (C=O) groups is 2. The molecule has 10 heteroatoms. The predicted molar refractivity (Wildman–Crippen MR) is 309 cm³/mol. The van der Waals surface area contributed by atoms with Crippen LogP contribution in [0.3, 0.4) is 0 Å². The number of quaternary nitrogens is 1. The van der Waals surface area contributed by atoms with Gasteiger partial charge >= 0.3 is 13.8 Å². The van der Waals surface area contributed by atoms with Crippen LogP contribution in [-0.4, -0.2) is 74.3 Å². The summed E-state index contributed by atoms with van der Waals surface area (Å²) in [6.07, 6.45) is 62.8. The van der Waals surface area contributed by atoms with Crippen LogP contribution in [0.1, 0.15) is 297 Å². The van der Waals surface area contributed by atoms with E-state index in [1.807, 2.05) is 33.3 Å². The molecule has 0 rings (SSSR count). The van der Waals surface area contributed by atoms with Crippen molar-refractivity contribution in [3.05, 3.63) is 36.5 Å². The molecule has 9 nitrogen and oxygen atoms in total. The van der Waals surface area contributed by atoms with Crippen LogP contribution < -0.4 is 5.32 Å². The van der Waals surface area contributed by atoms with Gasteiger partial charge in [0.2, 0.25) is 5.91 Å². The fraction of sp³-hybridized carbons (Fsp3) is 0.871. The number of rotatable bonds is 56. The van der Waals surface area contributed by atoms with Crippen LogP contribution in [0.4, 0.5) is 0 Å². The number of likely N-dealkylation sites (N-methyl/N-ethyl adjacent to an activating group) is 1. The van der Waals surface area contributed by atoms with Crippen molar-refractivity contribution < 1.29 is 37.3 Å². The summed E-state index contributed by atoms with van der Waals surface area (Å²) in [5.41, 5.74) is 0. The number of hydrogen-bond acceptors (Lipinski definition) is 6. The minimum Gasteiger partial charge on any atom is -0.456 e. The summed E-state index contributed by atoms with van der Waals surface area (Å²) in [4.78, 5) is 37.6. The highest BCUT2D eigenvalue weighted by molar-refractivity contribution is 7.47. The molecule has 0 aromatic rings. The maximum Gasteiger partial charge on any atom is 0.472 e. The Morgan fingerprint density at radius 3 is 1.28 bits per heavy atom. The molecule has 0 aromatic heterocycles. The third-order valence-corrected chi connectivity index (χ3v) is 14.8. The summed E-state index contributed by atoms with van der Waals surface area (Å²) in [7, 11) is 1.51. The summed E-state index contributed by atoms with van der Waals surface area (Å²) in [6.45, 7) is 7.01. The summed E-state index contributed by atoms with van der Waals surface area (Å²) in [5, 5.41) is 3.06. The number of esters is 1. The van der Waals surface area contributed by atoms with Crippen LogP contribution in [0, 0.1) is 0 Å². The van der Waals surface area contributed by atoms with Crippen molar-refractivity contribution in [1.29, 1.82) is 0 Å². The second-order valence-electron chi connectivity index (χ2n) is 22.2. The van der Waals surface area contributed by atoms with Crippen molar-refractivity contribution >= 4 is 19.7 Å². The molecule has 0 spiro atoms. The third kappa shape index (κ3) is 53.1. The van der Waals surface area contributed by atoms with E-state index in [1.165, 1.54) is 199 Å². The number of nitrogens with zero attached hydrogens (tertiary/aromatic N) is 1. The van der Waals surface area contributed by atoms with Crippen LogP contribution in [-0.2, 0) is 27.9 Å². The first kappa shape index (κ1) is 70.2. The lowest BCUT2D eigenvalue weighted by atomic mass is 10.0. The van der Waals surface area contributed by atoms with Gasteiger partial charge in [0, 0.05) is 12.8 Å². The number of carbonyl (C=O) groups excluding carboxylic acids is 2. The Bertz CT molecular complexity index is 1330. The molecule has 1 amide bonds. The first-order valence-electron chi connectivity index (χ1n) is 30.8. The molecule has 0 saturated carbocycles. The summed E-state index contributed by atoms with van der Waals surface area (Å²) in [5.74, 6) is -0.495. The first-order chi connectivity index (χ1) is 34.9. The molecule has 3 atom stereocenters. The third-order valence-electron chi connectivity index (χ3n) is 13.8. The molecule has 72 heavy (non-hydrogen) atoms. The van der Waals surface area contributed by atoms with Crippen LogP contribution in [0.25, 0.3) is 0 Å². The van der Waals surface area contributed by atoms with Gasteiger partial charge in [-0.1, -0.05) is 257 Å². The van der Waals surface area contributed by atoms with Gasteiger partial charge in [-0.15, -0.1) is 0 Å². The molecule has 0 radical (unpaired) electrons. The zero-order valence-electron chi connectivity index (χ0n) is 48.4. The lowest BCUT2D eigenvalue weighted by molar-refractivity contribution is -0.870. The van der Waals surface area contributed by atoms with Crippen molar-refractivity contribution in [3.8, 4) is 0 Å². The van der Waals surface area contributed by atoms with E-state index in [9.17, 15) is 19.0 Å². The van der Waals surface area contributed by atoms with Gasteiger partial charge in [-0.25, -0.2) is 4.57 Å². The van der Waals surface area contributed by atoms with Crippen molar-refractivity contribution in [3.63, 3.8) is 0 Å². The quantitative estimate of drug-likeness (QED) is 0.0205. The fourth-order valence-corrected chi connectivity index (χ4v) is 9.77. The van der Waals surface area contributed by atoms with E-state index in [1.54, 1.807) is 0 Å². The van der Waals surface area contributed by atoms with Crippen molar-refractivity contribution in [1.82, 2.24) is 5.32 Å². The SMILES string of the molecule is CCCCC/C=C\C/C=C\CCCCCCCCCCCCCC(=O)NC(COP(=O)(O)OCC[N+](C)(C)C)C(/C=C\CCCCCCCCCCCC)OC(=O)CCCCCCCCCCCCCCC.